The van der Waals surface area contributed by atoms with Gasteiger partial charge in [0.05, 0.1) is 5.51 Å². The van der Waals surface area contributed by atoms with Crippen molar-refractivity contribution in [3.8, 4) is 11.1 Å². The fraction of sp³-hybridized carbons (Fsp3) is 0.111. The lowest BCUT2D eigenvalue weighted by atomic mass is 10.0. The molecule has 1 aromatic heterocycles. The minimum atomic E-state index is -0.0395. The maximum Gasteiger partial charge on any atom is 0.251 e. The van der Waals surface area contributed by atoms with Crippen LogP contribution < -0.4 is 5.32 Å². The van der Waals surface area contributed by atoms with E-state index in [1.165, 1.54) is 4.88 Å². The number of hydrogen-bond acceptors (Lipinski definition) is 3. The number of amides is 1. The van der Waals surface area contributed by atoms with Gasteiger partial charge in [0.25, 0.3) is 5.91 Å². The van der Waals surface area contributed by atoms with Crippen LogP contribution in [0.3, 0.4) is 0 Å². The number of carbonyl (C=O) groups is 1. The van der Waals surface area contributed by atoms with Crippen molar-refractivity contribution in [1.29, 1.82) is 0 Å². The van der Waals surface area contributed by atoms with Gasteiger partial charge < -0.3 is 5.32 Å². The molecule has 0 aliphatic carbocycles. The van der Waals surface area contributed by atoms with E-state index in [1.54, 1.807) is 16.8 Å². The minimum absolute atomic E-state index is 0.0395. The van der Waals surface area contributed by atoms with Gasteiger partial charge in [0, 0.05) is 29.6 Å². The Balaban J connectivity index is 1.65. The quantitative estimate of drug-likeness (QED) is 0.779. The molecule has 110 valence electrons. The molecule has 22 heavy (non-hydrogen) atoms. The zero-order chi connectivity index (χ0) is 15.2. The van der Waals surface area contributed by atoms with Gasteiger partial charge >= 0.3 is 0 Å². The van der Waals surface area contributed by atoms with Crippen molar-refractivity contribution in [3.63, 3.8) is 0 Å². The van der Waals surface area contributed by atoms with Crippen LogP contribution in [0.5, 0.6) is 0 Å². The Hall–Kier alpha value is -2.46. The average molecular weight is 308 g/mol. The number of aromatic nitrogens is 1. The maximum absolute atomic E-state index is 12.2. The molecule has 1 heterocycles. The average Bonchev–Trinajstić information content (AvgIpc) is 3.09. The zero-order valence-corrected chi connectivity index (χ0v) is 12.8. The van der Waals surface area contributed by atoms with Crippen LogP contribution in [-0.4, -0.2) is 17.4 Å². The van der Waals surface area contributed by atoms with Gasteiger partial charge in [0.1, 0.15) is 0 Å². The van der Waals surface area contributed by atoms with Crippen LogP contribution in [-0.2, 0) is 6.42 Å². The summed E-state index contributed by atoms with van der Waals surface area (Å²) in [5.41, 5.74) is 4.66. The summed E-state index contributed by atoms with van der Waals surface area (Å²) in [7, 11) is 0. The van der Waals surface area contributed by atoms with Crippen molar-refractivity contribution in [2.45, 2.75) is 6.42 Å². The topological polar surface area (TPSA) is 42.0 Å². The van der Waals surface area contributed by atoms with Crippen molar-refractivity contribution in [2.24, 2.45) is 0 Å². The summed E-state index contributed by atoms with van der Waals surface area (Å²) >= 11 is 1.61. The largest absolute Gasteiger partial charge is 0.352 e. The number of thiazole rings is 1. The van der Waals surface area contributed by atoms with Crippen LogP contribution in [0.15, 0.2) is 66.3 Å². The molecule has 2 aromatic carbocycles. The van der Waals surface area contributed by atoms with E-state index in [4.69, 9.17) is 0 Å². The van der Waals surface area contributed by atoms with E-state index in [9.17, 15) is 4.79 Å². The van der Waals surface area contributed by atoms with Crippen LogP contribution in [0.1, 0.15) is 15.2 Å². The Morgan fingerprint density at radius 2 is 1.86 bits per heavy atom. The highest BCUT2D eigenvalue weighted by molar-refractivity contribution is 7.09. The number of nitrogens with zero attached hydrogens (tertiary/aromatic N) is 1. The lowest BCUT2D eigenvalue weighted by Gasteiger charge is -2.07. The SMILES string of the molecule is O=C(NCCc1cncs1)c1cccc(-c2ccccc2)c1. The molecule has 0 bridgehead atoms. The van der Waals surface area contributed by atoms with Crippen LogP contribution in [0.25, 0.3) is 11.1 Å². The fourth-order valence-corrected chi connectivity index (χ4v) is 2.84. The molecule has 3 rings (SSSR count). The molecule has 0 aliphatic rings. The smallest absolute Gasteiger partial charge is 0.251 e. The molecule has 0 saturated heterocycles. The normalized spacial score (nSPS) is 10.4. The third kappa shape index (κ3) is 3.59. The molecule has 3 aromatic rings. The van der Waals surface area contributed by atoms with Gasteiger partial charge in [-0.3, -0.25) is 9.78 Å². The summed E-state index contributed by atoms with van der Waals surface area (Å²) in [5.74, 6) is -0.0395. The molecule has 0 unspecified atom stereocenters. The predicted molar refractivity (Wildman–Crippen MR) is 90.0 cm³/mol. The Morgan fingerprint density at radius 3 is 2.64 bits per heavy atom. The van der Waals surface area contributed by atoms with Crippen molar-refractivity contribution in [1.82, 2.24) is 10.3 Å². The number of carbonyl (C=O) groups excluding carboxylic acids is 1. The third-order valence-corrected chi connectivity index (χ3v) is 4.21. The molecule has 1 N–H and O–H groups in total. The highest BCUT2D eigenvalue weighted by Gasteiger charge is 2.07. The highest BCUT2D eigenvalue weighted by atomic mass is 32.1. The summed E-state index contributed by atoms with van der Waals surface area (Å²) in [4.78, 5) is 17.4. The number of hydrogen-bond donors (Lipinski definition) is 1. The lowest BCUT2D eigenvalue weighted by molar-refractivity contribution is 0.0954. The molecule has 0 spiro atoms. The first kappa shape index (κ1) is 14.5. The first-order chi connectivity index (χ1) is 10.8. The van der Waals surface area contributed by atoms with E-state index < -0.39 is 0 Å². The van der Waals surface area contributed by atoms with Crippen molar-refractivity contribution < 1.29 is 4.79 Å². The highest BCUT2D eigenvalue weighted by Crippen LogP contribution is 2.19. The summed E-state index contributed by atoms with van der Waals surface area (Å²) in [6.45, 7) is 0.622. The second-order valence-electron chi connectivity index (χ2n) is 4.92. The predicted octanol–water partition coefficient (Wildman–Crippen LogP) is 3.78. The van der Waals surface area contributed by atoms with Gasteiger partial charge in [0.2, 0.25) is 0 Å². The molecule has 0 fully saturated rings. The van der Waals surface area contributed by atoms with Gasteiger partial charge in [-0.2, -0.15) is 0 Å². The second kappa shape index (κ2) is 7.00. The third-order valence-electron chi connectivity index (χ3n) is 3.37. The Morgan fingerprint density at radius 1 is 1.05 bits per heavy atom. The van der Waals surface area contributed by atoms with Gasteiger partial charge in [-0.15, -0.1) is 11.3 Å². The number of nitrogens with one attached hydrogen (secondary N) is 1. The van der Waals surface area contributed by atoms with E-state index >= 15 is 0 Å². The van der Waals surface area contributed by atoms with Crippen molar-refractivity contribution in [2.75, 3.05) is 6.54 Å². The van der Waals surface area contributed by atoms with Gasteiger partial charge in [-0.1, -0.05) is 42.5 Å². The van der Waals surface area contributed by atoms with E-state index in [-0.39, 0.29) is 5.91 Å². The first-order valence-electron chi connectivity index (χ1n) is 7.14. The standard InChI is InChI=1S/C18H16N2OS/c21-18(20-10-9-17-12-19-13-22-17)16-8-4-7-15(11-16)14-5-2-1-3-6-14/h1-8,11-13H,9-10H2,(H,20,21). The summed E-state index contributed by atoms with van der Waals surface area (Å²) in [6.07, 6.45) is 2.65. The molecule has 4 heteroatoms. The van der Waals surface area contributed by atoms with Crippen LogP contribution in [0, 0.1) is 0 Å². The van der Waals surface area contributed by atoms with E-state index in [0.717, 1.165) is 17.5 Å². The number of benzene rings is 2. The lowest BCUT2D eigenvalue weighted by Crippen LogP contribution is -2.25. The first-order valence-corrected chi connectivity index (χ1v) is 8.02. The second-order valence-corrected chi connectivity index (χ2v) is 5.89. The van der Waals surface area contributed by atoms with Crippen molar-refractivity contribution in [3.05, 3.63) is 76.7 Å². The minimum Gasteiger partial charge on any atom is -0.352 e. The van der Waals surface area contributed by atoms with E-state index in [0.29, 0.717) is 12.1 Å². The molecular formula is C18H16N2OS. The monoisotopic (exact) mass is 308 g/mol. The Labute approximate surface area is 133 Å². The van der Waals surface area contributed by atoms with Gasteiger partial charge in [0.15, 0.2) is 0 Å². The molecule has 0 saturated carbocycles. The molecule has 0 aliphatic heterocycles. The molecule has 3 nitrogen and oxygen atoms in total. The van der Waals surface area contributed by atoms with Crippen LogP contribution in [0.4, 0.5) is 0 Å². The number of rotatable bonds is 5. The molecule has 1 amide bonds. The van der Waals surface area contributed by atoms with Gasteiger partial charge in [-0.05, 0) is 23.3 Å². The Kier molecular flexibility index (Phi) is 4.61. The van der Waals surface area contributed by atoms with E-state index in [2.05, 4.69) is 10.3 Å². The molecule has 0 atom stereocenters. The van der Waals surface area contributed by atoms with Crippen LogP contribution >= 0.6 is 11.3 Å². The summed E-state index contributed by atoms with van der Waals surface area (Å²) in [5, 5.41) is 2.96. The van der Waals surface area contributed by atoms with Crippen molar-refractivity contribution >= 4 is 17.2 Å². The maximum atomic E-state index is 12.2. The zero-order valence-electron chi connectivity index (χ0n) is 12.0. The summed E-state index contributed by atoms with van der Waals surface area (Å²) < 4.78 is 0. The fourth-order valence-electron chi connectivity index (χ4n) is 2.24. The van der Waals surface area contributed by atoms with Gasteiger partial charge in [-0.25, -0.2) is 0 Å². The van der Waals surface area contributed by atoms with Crippen LogP contribution in [0.2, 0.25) is 0 Å². The van der Waals surface area contributed by atoms with E-state index in [1.807, 2.05) is 60.8 Å². The summed E-state index contributed by atoms with van der Waals surface area (Å²) in [6, 6.07) is 17.8. The molecular weight excluding hydrogens is 292 g/mol. The molecule has 0 radical (unpaired) electrons. The Bertz CT molecular complexity index is 739.